The highest BCUT2D eigenvalue weighted by Gasteiger charge is 2.46. The summed E-state index contributed by atoms with van der Waals surface area (Å²) in [5.74, 6) is 0. The molecule has 1 saturated carbocycles. The molecule has 3 nitrogen and oxygen atoms in total. The normalized spacial score (nSPS) is 35.3. The first-order valence-electron chi connectivity index (χ1n) is 9.56. The van der Waals surface area contributed by atoms with Crippen molar-refractivity contribution in [3.63, 3.8) is 0 Å². The van der Waals surface area contributed by atoms with Crippen molar-refractivity contribution in [2.45, 2.75) is 76.9 Å². The SMILES string of the molecule is CO[C@@H]1CCC[C@@]12CCCN(CC(C)(C)N1CCCCC1)C2. The minimum absolute atomic E-state index is 0.320. The summed E-state index contributed by atoms with van der Waals surface area (Å²) < 4.78 is 5.86. The maximum absolute atomic E-state index is 5.86. The highest BCUT2D eigenvalue weighted by Crippen LogP contribution is 2.46. The van der Waals surface area contributed by atoms with E-state index in [1.54, 1.807) is 0 Å². The molecule has 2 aliphatic heterocycles. The Labute approximate surface area is 137 Å². The van der Waals surface area contributed by atoms with E-state index < -0.39 is 0 Å². The van der Waals surface area contributed by atoms with Crippen LogP contribution < -0.4 is 0 Å². The average molecular weight is 309 g/mol. The number of nitrogens with zero attached hydrogens (tertiary/aromatic N) is 2. The van der Waals surface area contributed by atoms with E-state index in [2.05, 4.69) is 23.6 Å². The van der Waals surface area contributed by atoms with Crippen LogP contribution >= 0.6 is 0 Å². The minimum Gasteiger partial charge on any atom is -0.381 e. The quantitative estimate of drug-likeness (QED) is 0.790. The zero-order valence-corrected chi connectivity index (χ0v) is 15.1. The smallest absolute Gasteiger partial charge is 0.0639 e. The fourth-order valence-electron chi connectivity index (χ4n) is 5.48. The summed E-state index contributed by atoms with van der Waals surface area (Å²) in [6.07, 6.45) is 11.5. The Morgan fingerprint density at radius 3 is 2.45 bits per heavy atom. The summed E-state index contributed by atoms with van der Waals surface area (Å²) >= 11 is 0. The second-order valence-corrected chi connectivity index (χ2v) is 8.65. The molecule has 3 rings (SSSR count). The van der Waals surface area contributed by atoms with Gasteiger partial charge in [-0.05, 0) is 72.0 Å². The van der Waals surface area contributed by atoms with E-state index in [9.17, 15) is 0 Å². The Bertz CT molecular complexity index is 364. The van der Waals surface area contributed by atoms with Crippen LogP contribution in [0.5, 0.6) is 0 Å². The molecule has 3 aliphatic rings. The van der Waals surface area contributed by atoms with E-state index in [-0.39, 0.29) is 0 Å². The molecule has 1 aliphatic carbocycles. The number of hydrogen-bond donors (Lipinski definition) is 0. The molecule has 0 aromatic rings. The van der Waals surface area contributed by atoms with Crippen molar-refractivity contribution in [2.75, 3.05) is 39.8 Å². The molecule has 0 aromatic heterocycles. The topological polar surface area (TPSA) is 15.7 Å². The van der Waals surface area contributed by atoms with Gasteiger partial charge >= 0.3 is 0 Å². The third-order valence-corrected chi connectivity index (χ3v) is 6.62. The Morgan fingerprint density at radius 1 is 1.00 bits per heavy atom. The number of ether oxygens (including phenoxy) is 1. The predicted molar refractivity (Wildman–Crippen MR) is 92.3 cm³/mol. The van der Waals surface area contributed by atoms with Crippen LogP contribution in [-0.4, -0.2) is 61.3 Å². The minimum atomic E-state index is 0.320. The summed E-state index contributed by atoms with van der Waals surface area (Å²) in [4.78, 5) is 5.50. The highest BCUT2D eigenvalue weighted by molar-refractivity contribution is 4.99. The number of likely N-dealkylation sites (tertiary alicyclic amines) is 2. The lowest BCUT2D eigenvalue weighted by atomic mass is 9.76. The fourth-order valence-corrected chi connectivity index (χ4v) is 5.48. The van der Waals surface area contributed by atoms with Gasteiger partial charge in [0.05, 0.1) is 6.10 Å². The summed E-state index contributed by atoms with van der Waals surface area (Å²) in [5, 5.41) is 0. The van der Waals surface area contributed by atoms with Crippen LogP contribution in [0.3, 0.4) is 0 Å². The lowest BCUT2D eigenvalue weighted by molar-refractivity contribution is -0.0475. The average Bonchev–Trinajstić information content (AvgIpc) is 2.89. The second kappa shape index (κ2) is 6.78. The largest absolute Gasteiger partial charge is 0.381 e. The molecular formula is C19H36N2O. The summed E-state index contributed by atoms with van der Waals surface area (Å²) in [5.41, 5.74) is 0.783. The first kappa shape index (κ1) is 16.7. The molecule has 3 heteroatoms. The lowest BCUT2D eigenvalue weighted by Crippen LogP contribution is -2.57. The molecule has 0 aromatic carbocycles. The van der Waals surface area contributed by atoms with Crippen molar-refractivity contribution in [3.8, 4) is 0 Å². The molecule has 0 amide bonds. The summed E-state index contributed by atoms with van der Waals surface area (Å²) in [7, 11) is 1.92. The van der Waals surface area contributed by atoms with Gasteiger partial charge in [0.1, 0.15) is 0 Å². The Morgan fingerprint density at radius 2 is 1.73 bits per heavy atom. The van der Waals surface area contributed by atoms with E-state index in [1.807, 2.05) is 7.11 Å². The van der Waals surface area contributed by atoms with Crippen LogP contribution in [0, 0.1) is 5.41 Å². The van der Waals surface area contributed by atoms with Crippen LogP contribution in [0.15, 0.2) is 0 Å². The monoisotopic (exact) mass is 308 g/mol. The summed E-state index contributed by atoms with van der Waals surface area (Å²) in [6, 6.07) is 0. The van der Waals surface area contributed by atoms with Gasteiger partial charge in [-0.25, -0.2) is 0 Å². The van der Waals surface area contributed by atoms with Gasteiger partial charge in [-0.15, -0.1) is 0 Å². The molecule has 3 fully saturated rings. The van der Waals surface area contributed by atoms with Crippen molar-refractivity contribution >= 4 is 0 Å². The van der Waals surface area contributed by atoms with E-state index in [1.165, 1.54) is 84.1 Å². The van der Waals surface area contributed by atoms with Crippen LogP contribution in [0.2, 0.25) is 0 Å². The number of rotatable bonds is 4. The number of methoxy groups -OCH3 is 1. The maximum atomic E-state index is 5.86. The van der Waals surface area contributed by atoms with Crippen LogP contribution in [-0.2, 0) is 4.74 Å². The van der Waals surface area contributed by atoms with Crippen molar-refractivity contribution in [1.29, 1.82) is 0 Å². The molecule has 2 atom stereocenters. The molecule has 0 N–H and O–H groups in total. The van der Waals surface area contributed by atoms with Gasteiger partial charge in [0.15, 0.2) is 0 Å². The Kier molecular flexibility index (Phi) is 5.16. The molecule has 0 radical (unpaired) electrons. The van der Waals surface area contributed by atoms with E-state index in [0.29, 0.717) is 17.1 Å². The summed E-state index contributed by atoms with van der Waals surface area (Å²) in [6.45, 7) is 11.3. The first-order chi connectivity index (χ1) is 10.6. The van der Waals surface area contributed by atoms with Gasteiger partial charge in [-0.1, -0.05) is 12.8 Å². The molecule has 2 saturated heterocycles. The van der Waals surface area contributed by atoms with Crippen molar-refractivity contribution in [3.05, 3.63) is 0 Å². The number of hydrogen-bond acceptors (Lipinski definition) is 3. The van der Waals surface area contributed by atoms with Crippen LogP contribution in [0.1, 0.15) is 65.2 Å². The molecule has 2 heterocycles. The molecule has 0 unspecified atom stereocenters. The van der Waals surface area contributed by atoms with Gasteiger partial charge in [0, 0.05) is 31.2 Å². The lowest BCUT2D eigenvalue weighted by Gasteiger charge is -2.48. The first-order valence-corrected chi connectivity index (χ1v) is 9.56. The third kappa shape index (κ3) is 3.37. The van der Waals surface area contributed by atoms with E-state index in [0.717, 1.165) is 0 Å². The van der Waals surface area contributed by atoms with Crippen LogP contribution in [0.4, 0.5) is 0 Å². The van der Waals surface area contributed by atoms with E-state index >= 15 is 0 Å². The van der Waals surface area contributed by atoms with Crippen molar-refractivity contribution in [1.82, 2.24) is 9.80 Å². The third-order valence-electron chi connectivity index (χ3n) is 6.62. The molecule has 22 heavy (non-hydrogen) atoms. The second-order valence-electron chi connectivity index (χ2n) is 8.65. The molecular weight excluding hydrogens is 272 g/mol. The predicted octanol–water partition coefficient (Wildman–Crippen LogP) is 3.53. The van der Waals surface area contributed by atoms with Crippen molar-refractivity contribution in [2.24, 2.45) is 5.41 Å². The molecule has 0 bridgehead atoms. The molecule has 128 valence electrons. The Hall–Kier alpha value is -0.120. The maximum Gasteiger partial charge on any atom is 0.0639 e. The van der Waals surface area contributed by atoms with Crippen molar-refractivity contribution < 1.29 is 4.74 Å². The molecule has 1 spiro atoms. The van der Waals surface area contributed by atoms with Gasteiger partial charge in [-0.2, -0.15) is 0 Å². The zero-order chi connectivity index (χ0) is 15.6. The van der Waals surface area contributed by atoms with Gasteiger partial charge in [0.2, 0.25) is 0 Å². The van der Waals surface area contributed by atoms with Gasteiger partial charge in [0.25, 0.3) is 0 Å². The highest BCUT2D eigenvalue weighted by atomic mass is 16.5. The fraction of sp³-hybridized carbons (Fsp3) is 1.00. The number of piperidine rings is 2. The van der Waals surface area contributed by atoms with Crippen LogP contribution in [0.25, 0.3) is 0 Å². The Balaban J connectivity index is 1.62. The van der Waals surface area contributed by atoms with Gasteiger partial charge < -0.3 is 9.64 Å². The van der Waals surface area contributed by atoms with E-state index in [4.69, 9.17) is 4.74 Å². The van der Waals surface area contributed by atoms with Gasteiger partial charge in [-0.3, -0.25) is 4.90 Å². The zero-order valence-electron chi connectivity index (χ0n) is 15.1. The standard InChI is InChI=1S/C19H36N2O/c1-18(2,21-13-5-4-6-14-21)15-20-12-8-11-19(16-20)10-7-9-17(19)22-3/h17H,4-16H2,1-3H3/t17-,19+/m1/s1.